The minimum atomic E-state index is -0.241. The quantitative estimate of drug-likeness (QED) is 0.458. The topological polar surface area (TPSA) is 79.4 Å². The van der Waals surface area contributed by atoms with Gasteiger partial charge in [0.25, 0.3) is 11.8 Å². The number of carbonyl (C=O) groups is 3. The number of nitrogens with zero attached hydrogens (tertiary/aromatic N) is 2. The first-order valence-electron chi connectivity index (χ1n) is 8.43. The van der Waals surface area contributed by atoms with Crippen molar-refractivity contribution in [2.75, 3.05) is 11.9 Å². The van der Waals surface area contributed by atoms with Crippen molar-refractivity contribution < 1.29 is 14.4 Å². The summed E-state index contributed by atoms with van der Waals surface area (Å²) < 4.78 is 0. The van der Waals surface area contributed by atoms with E-state index in [1.807, 2.05) is 0 Å². The Labute approximate surface area is 156 Å². The standard InChI is InChI=1S/C19H18ClN3O3/c20-17-15(9-6-11-21-17)22-16(24)10-2-1-5-12-23-18(25)13-7-3-4-8-14(13)19(23)26/h3-4,6-9,11H,1-2,5,10,12H2,(H,22,24). The third kappa shape index (κ3) is 3.91. The molecular formula is C19H18ClN3O3. The highest BCUT2D eigenvalue weighted by Gasteiger charge is 2.34. The highest BCUT2D eigenvalue weighted by atomic mass is 35.5. The maximum absolute atomic E-state index is 12.2. The van der Waals surface area contributed by atoms with Crippen molar-refractivity contribution in [2.24, 2.45) is 0 Å². The Morgan fingerprint density at radius 2 is 1.69 bits per heavy atom. The first-order valence-corrected chi connectivity index (χ1v) is 8.81. The first kappa shape index (κ1) is 18.1. The monoisotopic (exact) mass is 371 g/mol. The van der Waals surface area contributed by atoms with E-state index in [0.29, 0.717) is 42.6 Å². The average Bonchev–Trinajstić information content (AvgIpc) is 2.88. The lowest BCUT2D eigenvalue weighted by molar-refractivity contribution is -0.116. The fourth-order valence-electron chi connectivity index (χ4n) is 2.87. The zero-order chi connectivity index (χ0) is 18.5. The summed E-state index contributed by atoms with van der Waals surface area (Å²) in [6.07, 6.45) is 3.95. The normalized spacial score (nSPS) is 13.0. The van der Waals surface area contributed by atoms with Crippen LogP contribution in [0.25, 0.3) is 0 Å². The number of aromatic nitrogens is 1. The van der Waals surface area contributed by atoms with Gasteiger partial charge < -0.3 is 5.32 Å². The van der Waals surface area contributed by atoms with E-state index in [9.17, 15) is 14.4 Å². The van der Waals surface area contributed by atoms with E-state index in [4.69, 9.17) is 11.6 Å². The van der Waals surface area contributed by atoms with Gasteiger partial charge in [0.1, 0.15) is 0 Å². The third-order valence-corrected chi connectivity index (χ3v) is 4.50. The van der Waals surface area contributed by atoms with Crippen molar-refractivity contribution in [3.8, 4) is 0 Å². The van der Waals surface area contributed by atoms with E-state index in [1.54, 1.807) is 42.6 Å². The van der Waals surface area contributed by atoms with Crippen LogP contribution in [0.5, 0.6) is 0 Å². The predicted molar refractivity (Wildman–Crippen MR) is 98.2 cm³/mol. The summed E-state index contributed by atoms with van der Waals surface area (Å²) in [5.74, 6) is -0.621. The van der Waals surface area contributed by atoms with Gasteiger partial charge in [0.15, 0.2) is 5.15 Å². The number of anilines is 1. The molecule has 0 radical (unpaired) electrons. The molecule has 0 aliphatic carbocycles. The molecule has 1 N–H and O–H groups in total. The summed E-state index contributed by atoms with van der Waals surface area (Å²) >= 11 is 5.90. The Kier molecular flexibility index (Phi) is 5.63. The summed E-state index contributed by atoms with van der Waals surface area (Å²) in [5.41, 5.74) is 1.42. The van der Waals surface area contributed by atoms with E-state index in [1.165, 1.54) is 4.90 Å². The number of rotatable bonds is 7. The molecule has 1 aromatic carbocycles. The van der Waals surface area contributed by atoms with Gasteiger partial charge in [-0.25, -0.2) is 4.98 Å². The molecule has 3 amide bonds. The molecule has 6 nitrogen and oxygen atoms in total. The third-order valence-electron chi connectivity index (χ3n) is 4.20. The number of hydrogen-bond acceptors (Lipinski definition) is 4. The molecule has 0 bridgehead atoms. The van der Waals surface area contributed by atoms with Gasteiger partial charge in [-0.05, 0) is 37.1 Å². The highest BCUT2D eigenvalue weighted by Crippen LogP contribution is 2.23. The Bertz CT molecular complexity index is 818. The summed E-state index contributed by atoms with van der Waals surface area (Å²) in [6.45, 7) is 0.363. The molecule has 1 aliphatic heterocycles. The van der Waals surface area contributed by atoms with Gasteiger partial charge in [-0.3, -0.25) is 19.3 Å². The molecule has 0 spiro atoms. The van der Waals surface area contributed by atoms with Crippen LogP contribution in [0.3, 0.4) is 0 Å². The number of hydrogen-bond donors (Lipinski definition) is 1. The number of imide groups is 1. The van der Waals surface area contributed by atoms with Crippen molar-refractivity contribution in [3.63, 3.8) is 0 Å². The Morgan fingerprint density at radius 1 is 1.00 bits per heavy atom. The molecule has 0 saturated heterocycles. The number of fused-ring (bicyclic) bond motifs is 1. The van der Waals surface area contributed by atoms with Crippen LogP contribution in [0.1, 0.15) is 46.4 Å². The second kappa shape index (κ2) is 8.10. The molecule has 1 aromatic heterocycles. The maximum atomic E-state index is 12.2. The Balaban J connectivity index is 1.40. The zero-order valence-corrected chi connectivity index (χ0v) is 14.8. The highest BCUT2D eigenvalue weighted by molar-refractivity contribution is 6.32. The lowest BCUT2D eigenvalue weighted by Crippen LogP contribution is -2.30. The molecule has 0 atom stereocenters. The van der Waals surface area contributed by atoms with Gasteiger partial charge in [0.05, 0.1) is 16.8 Å². The largest absolute Gasteiger partial charge is 0.323 e. The maximum Gasteiger partial charge on any atom is 0.261 e. The Hall–Kier alpha value is -2.73. The molecule has 26 heavy (non-hydrogen) atoms. The van der Waals surface area contributed by atoms with Crippen LogP contribution in [-0.4, -0.2) is 34.2 Å². The van der Waals surface area contributed by atoms with Crippen molar-refractivity contribution in [1.82, 2.24) is 9.88 Å². The van der Waals surface area contributed by atoms with Crippen LogP contribution in [0, 0.1) is 0 Å². The molecule has 0 unspecified atom stereocenters. The summed E-state index contributed by atoms with van der Waals surface area (Å²) in [5, 5.41) is 2.97. The van der Waals surface area contributed by atoms with Crippen LogP contribution < -0.4 is 5.32 Å². The van der Waals surface area contributed by atoms with Crippen LogP contribution in [0.2, 0.25) is 5.15 Å². The predicted octanol–water partition coefficient (Wildman–Crippen LogP) is 3.53. The SMILES string of the molecule is O=C(CCCCCN1C(=O)c2ccccc2C1=O)Nc1cccnc1Cl. The molecule has 0 saturated carbocycles. The number of benzene rings is 1. The number of pyridine rings is 1. The summed E-state index contributed by atoms with van der Waals surface area (Å²) in [6, 6.07) is 10.2. The van der Waals surface area contributed by atoms with E-state index >= 15 is 0 Å². The summed E-state index contributed by atoms with van der Waals surface area (Å²) in [4.78, 5) is 41.6. The lowest BCUT2D eigenvalue weighted by Gasteiger charge is -2.13. The van der Waals surface area contributed by atoms with Crippen LogP contribution in [0.15, 0.2) is 42.6 Å². The minimum Gasteiger partial charge on any atom is -0.323 e. The fraction of sp³-hybridized carbons (Fsp3) is 0.263. The van der Waals surface area contributed by atoms with E-state index in [-0.39, 0.29) is 22.9 Å². The second-order valence-corrected chi connectivity index (χ2v) is 6.37. The zero-order valence-electron chi connectivity index (χ0n) is 14.1. The van der Waals surface area contributed by atoms with Crippen molar-refractivity contribution in [3.05, 3.63) is 58.9 Å². The first-order chi connectivity index (χ1) is 12.6. The van der Waals surface area contributed by atoms with Gasteiger partial charge >= 0.3 is 0 Å². The van der Waals surface area contributed by atoms with Gasteiger partial charge in [-0.15, -0.1) is 0 Å². The number of unbranched alkanes of at least 4 members (excludes halogenated alkanes) is 2. The van der Waals surface area contributed by atoms with Crippen molar-refractivity contribution >= 4 is 35.0 Å². The smallest absolute Gasteiger partial charge is 0.261 e. The van der Waals surface area contributed by atoms with Crippen molar-refractivity contribution in [1.29, 1.82) is 0 Å². The molecular weight excluding hydrogens is 354 g/mol. The molecule has 7 heteroatoms. The number of halogens is 1. The molecule has 134 valence electrons. The van der Waals surface area contributed by atoms with Crippen molar-refractivity contribution in [2.45, 2.75) is 25.7 Å². The van der Waals surface area contributed by atoms with Crippen LogP contribution >= 0.6 is 11.6 Å². The summed E-state index contributed by atoms with van der Waals surface area (Å²) in [7, 11) is 0. The number of nitrogens with one attached hydrogen (secondary N) is 1. The van der Waals surface area contributed by atoms with E-state index in [2.05, 4.69) is 10.3 Å². The molecule has 0 fully saturated rings. The van der Waals surface area contributed by atoms with E-state index < -0.39 is 0 Å². The van der Waals surface area contributed by atoms with E-state index in [0.717, 1.165) is 6.42 Å². The average molecular weight is 372 g/mol. The van der Waals surface area contributed by atoms with Gasteiger partial charge in [-0.2, -0.15) is 0 Å². The molecule has 2 aromatic rings. The van der Waals surface area contributed by atoms with Crippen LogP contribution in [-0.2, 0) is 4.79 Å². The molecule has 3 rings (SSSR count). The Morgan fingerprint density at radius 3 is 2.35 bits per heavy atom. The van der Waals surface area contributed by atoms with Gasteiger partial charge in [0.2, 0.25) is 5.91 Å². The second-order valence-electron chi connectivity index (χ2n) is 6.01. The molecule has 1 aliphatic rings. The number of carbonyl (C=O) groups excluding carboxylic acids is 3. The molecule has 2 heterocycles. The minimum absolute atomic E-state index is 0.138. The number of amides is 3. The fourth-order valence-corrected chi connectivity index (χ4v) is 3.03. The lowest BCUT2D eigenvalue weighted by atomic mass is 10.1. The van der Waals surface area contributed by atoms with Crippen LogP contribution in [0.4, 0.5) is 5.69 Å². The van der Waals surface area contributed by atoms with Gasteiger partial charge in [-0.1, -0.05) is 30.2 Å². The van der Waals surface area contributed by atoms with Gasteiger partial charge in [0, 0.05) is 19.2 Å².